The molecule has 1 saturated carbocycles. The minimum absolute atomic E-state index is 0.119. The second-order valence-corrected chi connectivity index (χ2v) is 10.1. The van der Waals surface area contributed by atoms with Crippen LogP contribution in [0.3, 0.4) is 0 Å². The second kappa shape index (κ2) is 9.83. The van der Waals surface area contributed by atoms with Crippen molar-refractivity contribution in [2.75, 3.05) is 18.1 Å². The summed E-state index contributed by atoms with van der Waals surface area (Å²) in [6.07, 6.45) is 5.85. The summed E-state index contributed by atoms with van der Waals surface area (Å²) in [5.41, 5.74) is 2.61. The first-order chi connectivity index (χ1) is 15.0. The fourth-order valence-corrected chi connectivity index (χ4v) is 5.88. The molecule has 1 aromatic heterocycles. The Balaban J connectivity index is 1.42. The van der Waals surface area contributed by atoms with Crippen molar-refractivity contribution in [1.82, 2.24) is 9.88 Å². The number of rotatable bonds is 6. The van der Waals surface area contributed by atoms with Gasteiger partial charge in [0.25, 0.3) is 5.91 Å². The van der Waals surface area contributed by atoms with Gasteiger partial charge in [0.15, 0.2) is 5.13 Å². The van der Waals surface area contributed by atoms with Gasteiger partial charge < -0.3 is 4.90 Å². The normalized spacial score (nSPS) is 14.5. The van der Waals surface area contributed by atoms with Crippen LogP contribution in [0, 0.1) is 6.92 Å². The Morgan fingerprint density at radius 1 is 1.16 bits per heavy atom. The minimum atomic E-state index is -0.202. The van der Waals surface area contributed by atoms with E-state index in [1.54, 1.807) is 6.07 Å². The standard InChI is InChI=1S/C24H27N3O2S2/c1-16-12-13-19-21(14-16)31-24(25-19)26-23(29)18-10-6-7-11-20(18)30-15-22(28)27(2)17-8-4-3-5-9-17/h6-7,10-14,17H,3-5,8-9,15H2,1-2H3,(H,25,26,29). The number of hydrogen-bond donors (Lipinski definition) is 1. The summed E-state index contributed by atoms with van der Waals surface area (Å²) in [5, 5.41) is 3.51. The van der Waals surface area contributed by atoms with Crippen molar-refractivity contribution in [3.8, 4) is 0 Å². The van der Waals surface area contributed by atoms with Crippen LogP contribution in [-0.2, 0) is 4.79 Å². The van der Waals surface area contributed by atoms with Gasteiger partial charge in [0.05, 0.1) is 21.5 Å². The summed E-state index contributed by atoms with van der Waals surface area (Å²) in [7, 11) is 1.91. The molecule has 1 aliphatic rings. The third kappa shape index (κ3) is 5.28. The number of amides is 2. The molecule has 0 bridgehead atoms. The van der Waals surface area contributed by atoms with Crippen molar-refractivity contribution in [1.29, 1.82) is 0 Å². The number of thiazole rings is 1. The Morgan fingerprint density at radius 2 is 1.94 bits per heavy atom. The van der Waals surface area contributed by atoms with E-state index in [4.69, 9.17) is 0 Å². The molecule has 1 fully saturated rings. The molecule has 31 heavy (non-hydrogen) atoms. The number of benzene rings is 2. The lowest BCUT2D eigenvalue weighted by Crippen LogP contribution is -2.39. The van der Waals surface area contributed by atoms with Gasteiger partial charge in [-0.3, -0.25) is 14.9 Å². The molecule has 2 amide bonds. The quantitative estimate of drug-likeness (QED) is 0.484. The monoisotopic (exact) mass is 453 g/mol. The van der Waals surface area contributed by atoms with E-state index in [1.165, 1.54) is 47.9 Å². The van der Waals surface area contributed by atoms with Gasteiger partial charge in [-0.25, -0.2) is 4.98 Å². The van der Waals surface area contributed by atoms with E-state index >= 15 is 0 Å². The highest BCUT2D eigenvalue weighted by Crippen LogP contribution is 2.29. The molecule has 0 atom stereocenters. The van der Waals surface area contributed by atoms with E-state index in [0.29, 0.717) is 22.5 Å². The molecule has 1 aliphatic carbocycles. The SMILES string of the molecule is Cc1ccc2nc(NC(=O)c3ccccc3SCC(=O)N(C)C3CCCCC3)sc2c1. The van der Waals surface area contributed by atoms with Crippen LogP contribution in [0.15, 0.2) is 47.4 Å². The van der Waals surface area contributed by atoms with Gasteiger partial charge in [0.1, 0.15) is 0 Å². The topological polar surface area (TPSA) is 62.3 Å². The summed E-state index contributed by atoms with van der Waals surface area (Å²) in [6, 6.07) is 13.8. The van der Waals surface area contributed by atoms with E-state index in [-0.39, 0.29) is 11.8 Å². The van der Waals surface area contributed by atoms with Gasteiger partial charge in [0.2, 0.25) is 5.91 Å². The van der Waals surface area contributed by atoms with Crippen LogP contribution < -0.4 is 5.32 Å². The predicted octanol–water partition coefficient (Wildman–Crippen LogP) is 5.74. The molecule has 1 N–H and O–H groups in total. The van der Waals surface area contributed by atoms with Gasteiger partial charge in [-0.05, 0) is 49.6 Å². The van der Waals surface area contributed by atoms with E-state index in [9.17, 15) is 9.59 Å². The molecule has 2 aromatic carbocycles. The average molecular weight is 454 g/mol. The zero-order valence-corrected chi connectivity index (χ0v) is 19.5. The Kier molecular flexibility index (Phi) is 6.92. The Morgan fingerprint density at radius 3 is 2.74 bits per heavy atom. The van der Waals surface area contributed by atoms with Crippen molar-refractivity contribution in [2.45, 2.75) is 50.0 Å². The lowest BCUT2D eigenvalue weighted by molar-refractivity contribution is -0.129. The summed E-state index contributed by atoms with van der Waals surface area (Å²) in [5.74, 6) is 0.248. The number of aryl methyl sites for hydroxylation is 1. The Hall–Kier alpha value is -2.38. The molecule has 3 aromatic rings. The lowest BCUT2D eigenvalue weighted by atomic mass is 9.94. The van der Waals surface area contributed by atoms with Gasteiger partial charge in [-0.15, -0.1) is 11.8 Å². The highest BCUT2D eigenvalue weighted by molar-refractivity contribution is 8.00. The zero-order chi connectivity index (χ0) is 21.8. The number of anilines is 1. The first-order valence-electron chi connectivity index (χ1n) is 10.7. The largest absolute Gasteiger partial charge is 0.342 e. The van der Waals surface area contributed by atoms with Crippen molar-refractivity contribution >= 4 is 50.3 Å². The van der Waals surface area contributed by atoms with Gasteiger partial charge in [0, 0.05) is 18.0 Å². The number of carbonyl (C=O) groups is 2. The summed E-state index contributed by atoms with van der Waals surface area (Å²) in [6.45, 7) is 2.04. The molecular formula is C24H27N3O2S2. The fourth-order valence-electron chi connectivity index (χ4n) is 3.94. The minimum Gasteiger partial charge on any atom is -0.342 e. The number of nitrogens with one attached hydrogen (secondary N) is 1. The van der Waals surface area contributed by atoms with Crippen LogP contribution in [0.2, 0.25) is 0 Å². The molecule has 7 heteroatoms. The molecule has 162 valence electrons. The lowest BCUT2D eigenvalue weighted by Gasteiger charge is -2.31. The van der Waals surface area contributed by atoms with Gasteiger partial charge in [-0.2, -0.15) is 0 Å². The van der Waals surface area contributed by atoms with Gasteiger partial charge >= 0.3 is 0 Å². The van der Waals surface area contributed by atoms with Crippen molar-refractivity contribution < 1.29 is 9.59 Å². The number of aromatic nitrogens is 1. The summed E-state index contributed by atoms with van der Waals surface area (Å²) >= 11 is 2.89. The van der Waals surface area contributed by atoms with Crippen molar-refractivity contribution in [2.24, 2.45) is 0 Å². The molecular weight excluding hydrogens is 426 g/mol. The molecule has 0 aliphatic heterocycles. The molecule has 0 saturated heterocycles. The number of nitrogens with zero attached hydrogens (tertiary/aromatic N) is 2. The number of fused-ring (bicyclic) bond motifs is 1. The van der Waals surface area contributed by atoms with Crippen LogP contribution in [0.5, 0.6) is 0 Å². The third-order valence-electron chi connectivity index (χ3n) is 5.76. The van der Waals surface area contributed by atoms with E-state index in [0.717, 1.165) is 28.0 Å². The Labute approximate surface area is 191 Å². The number of thioether (sulfide) groups is 1. The molecule has 4 rings (SSSR count). The Bertz CT molecular complexity index is 1090. The van der Waals surface area contributed by atoms with Crippen LogP contribution in [0.25, 0.3) is 10.2 Å². The average Bonchev–Trinajstić information content (AvgIpc) is 3.18. The smallest absolute Gasteiger partial charge is 0.258 e. The highest BCUT2D eigenvalue weighted by atomic mass is 32.2. The fraction of sp³-hybridized carbons (Fsp3) is 0.375. The van der Waals surface area contributed by atoms with Crippen LogP contribution in [-0.4, -0.2) is 40.5 Å². The van der Waals surface area contributed by atoms with E-state index in [2.05, 4.69) is 16.4 Å². The highest BCUT2D eigenvalue weighted by Gasteiger charge is 2.22. The summed E-state index contributed by atoms with van der Waals surface area (Å²) < 4.78 is 1.05. The van der Waals surface area contributed by atoms with Crippen LogP contribution in [0.4, 0.5) is 5.13 Å². The van der Waals surface area contributed by atoms with E-state index in [1.807, 2.05) is 49.2 Å². The predicted molar refractivity (Wildman–Crippen MR) is 129 cm³/mol. The van der Waals surface area contributed by atoms with E-state index < -0.39 is 0 Å². The van der Waals surface area contributed by atoms with Crippen LogP contribution >= 0.6 is 23.1 Å². The first-order valence-corrected chi connectivity index (χ1v) is 12.5. The molecule has 5 nitrogen and oxygen atoms in total. The molecule has 0 unspecified atom stereocenters. The van der Waals surface area contributed by atoms with Gasteiger partial charge in [-0.1, -0.05) is 48.8 Å². The molecule has 0 radical (unpaired) electrons. The molecule has 0 spiro atoms. The third-order valence-corrected chi connectivity index (χ3v) is 7.75. The second-order valence-electron chi connectivity index (χ2n) is 8.03. The number of hydrogen-bond acceptors (Lipinski definition) is 5. The summed E-state index contributed by atoms with van der Waals surface area (Å²) in [4.78, 5) is 32.9. The maximum Gasteiger partial charge on any atom is 0.258 e. The first kappa shape index (κ1) is 21.8. The number of carbonyl (C=O) groups excluding carboxylic acids is 2. The maximum atomic E-state index is 13.0. The maximum absolute atomic E-state index is 13.0. The zero-order valence-electron chi connectivity index (χ0n) is 17.9. The van der Waals surface area contributed by atoms with Crippen molar-refractivity contribution in [3.05, 3.63) is 53.6 Å². The molecule has 1 heterocycles. The van der Waals surface area contributed by atoms with Crippen molar-refractivity contribution in [3.63, 3.8) is 0 Å². The van der Waals surface area contributed by atoms with Crippen LogP contribution in [0.1, 0.15) is 48.0 Å².